The van der Waals surface area contributed by atoms with Crippen LogP contribution in [-0.4, -0.2) is 52.9 Å². The van der Waals surface area contributed by atoms with Crippen LogP contribution in [0, 0.1) is 6.92 Å². The monoisotopic (exact) mass is 272 g/mol. The van der Waals surface area contributed by atoms with Crippen LogP contribution < -0.4 is 4.87 Å². The van der Waals surface area contributed by atoms with Gasteiger partial charge in [0.2, 0.25) is 5.91 Å². The number of amides is 1. The van der Waals surface area contributed by atoms with Gasteiger partial charge in [0.05, 0.1) is 25.9 Å². The van der Waals surface area contributed by atoms with E-state index in [1.165, 1.54) is 4.57 Å². The Morgan fingerprint density at radius 2 is 2.44 bits per heavy atom. The van der Waals surface area contributed by atoms with Gasteiger partial charge in [-0.2, -0.15) is 0 Å². The number of carbonyl (C=O) groups excluding carboxylic acids is 1. The third-order valence-corrected chi connectivity index (χ3v) is 3.91. The van der Waals surface area contributed by atoms with Gasteiger partial charge in [-0.05, 0) is 6.92 Å². The van der Waals surface area contributed by atoms with Gasteiger partial charge in [-0.3, -0.25) is 14.2 Å². The number of aliphatic hydroxyl groups excluding tert-OH is 1. The molecule has 1 saturated heterocycles. The van der Waals surface area contributed by atoms with Crippen LogP contribution in [0.3, 0.4) is 0 Å². The van der Waals surface area contributed by atoms with E-state index < -0.39 is 0 Å². The first kappa shape index (κ1) is 13.3. The number of ether oxygens (including phenoxy) is 1. The molecule has 1 aliphatic heterocycles. The van der Waals surface area contributed by atoms with E-state index in [9.17, 15) is 14.7 Å². The Labute approximate surface area is 108 Å². The summed E-state index contributed by atoms with van der Waals surface area (Å²) in [6.07, 6.45) is 0. The number of morpholine rings is 1. The highest BCUT2D eigenvalue weighted by molar-refractivity contribution is 7.07. The number of nitrogens with zero attached hydrogens (tertiary/aromatic N) is 2. The third kappa shape index (κ3) is 2.63. The Balaban J connectivity index is 2.09. The van der Waals surface area contributed by atoms with Crippen molar-refractivity contribution in [1.29, 1.82) is 0 Å². The number of hydrogen-bond donors (Lipinski definition) is 1. The molecule has 2 rings (SSSR count). The Morgan fingerprint density at radius 1 is 1.67 bits per heavy atom. The first-order valence-corrected chi connectivity index (χ1v) is 6.64. The van der Waals surface area contributed by atoms with Crippen LogP contribution in [0.4, 0.5) is 0 Å². The van der Waals surface area contributed by atoms with Gasteiger partial charge in [0.1, 0.15) is 6.54 Å². The molecule has 0 aromatic carbocycles. The highest BCUT2D eigenvalue weighted by atomic mass is 32.1. The summed E-state index contributed by atoms with van der Waals surface area (Å²) in [4.78, 5) is 25.1. The van der Waals surface area contributed by atoms with Crippen LogP contribution in [0.15, 0.2) is 10.2 Å². The Hall–Kier alpha value is -1.18. The molecule has 1 unspecified atom stereocenters. The molecule has 1 aliphatic rings. The maximum absolute atomic E-state index is 12.1. The van der Waals surface area contributed by atoms with Gasteiger partial charge in [0, 0.05) is 17.6 Å². The molecular formula is C11H16N2O4S. The number of thiazole rings is 1. The smallest absolute Gasteiger partial charge is 0.307 e. The first-order valence-electron chi connectivity index (χ1n) is 5.76. The maximum atomic E-state index is 12.1. The molecule has 18 heavy (non-hydrogen) atoms. The second-order valence-electron chi connectivity index (χ2n) is 4.23. The minimum Gasteiger partial charge on any atom is -0.394 e. The van der Waals surface area contributed by atoms with E-state index in [2.05, 4.69) is 0 Å². The number of hydrogen-bond acceptors (Lipinski definition) is 5. The molecule has 7 heteroatoms. The van der Waals surface area contributed by atoms with Crippen molar-refractivity contribution < 1.29 is 14.6 Å². The number of carbonyl (C=O) groups is 1. The lowest BCUT2D eigenvalue weighted by Gasteiger charge is -2.34. The zero-order valence-electron chi connectivity index (χ0n) is 10.2. The summed E-state index contributed by atoms with van der Waals surface area (Å²) in [6, 6.07) is -0.305. The lowest BCUT2D eigenvalue weighted by Crippen LogP contribution is -2.51. The predicted molar refractivity (Wildman–Crippen MR) is 66.7 cm³/mol. The number of aromatic nitrogens is 1. The minimum atomic E-state index is -0.305. The fourth-order valence-corrected chi connectivity index (χ4v) is 2.69. The van der Waals surface area contributed by atoms with E-state index in [0.717, 1.165) is 17.0 Å². The summed E-state index contributed by atoms with van der Waals surface area (Å²) in [5.74, 6) is -0.152. The molecular weight excluding hydrogens is 256 g/mol. The predicted octanol–water partition coefficient (Wildman–Crippen LogP) is -0.562. The molecule has 1 aromatic heterocycles. The molecule has 1 N–H and O–H groups in total. The van der Waals surface area contributed by atoms with Crippen LogP contribution in [0.2, 0.25) is 0 Å². The molecule has 0 saturated carbocycles. The van der Waals surface area contributed by atoms with E-state index in [1.54, 1.807) is 17.2 Å². The highest BCUT2D eigenvalue weighted by Crippen LogP contribution is 2.08. The van der Waals surface area contributed by atoms with Crippen LogP contribution in [-0.2, 0) is 16.1 Å². The summed E-state index contributed by atoms with van der Waals surface area (Å²) in [6.45, 7) is 2.99. The molecule has 0 radical (unpaired) electrons. The van der Waals surface area contributed by atoms with Crippen LogP contribution in [0.25, 0.3) is 0 Å². The van der Waals surface area contributed by atoms with Crippen LogP contribution in [0.5, 0.6) is 0 Å². The quantitative estimate of drug-likeness (QED) is 0.800. The summed E-state index contributed by atoms with van der Waals surface area (Å²) in [7, 11) is 0. The van der Waals surface area contributed by atoms with Crippen molar-refractivity contribution in [2.24, 2.45) is 0 Å². The molecule has 0 bridgehead atoms. The zero-order chi connectivity index (χ0) is 13.1. The third-order valence-electron chi connectivity index (χ3n) is 3.03. The molecule has 1 atom stereocenters. The van der Waals surface area contributed by atoms with Crippen molar-refractivity contribution in [3.63, 3.8) is 0 Å². The van der Waals surface area contributed by atoms with Crippen LogP contribution >= 0.6 is 11.3 Å². The van der Waals surface area contributed by atoms with Crippen molar-refractivity contribution in [1.82, 2.24) is 9.47 Å². The fraction of sp³-hybridized carbons (Fsp3) is 0.636. The van der Waals surface area contributed by atoms with Crippen molar-refractivity contribution in [3.05, 3.63) is 20.7 Å². The van der Waals surface area contributed by atoms with Gasteiger partial charge in [0.15, 0.2) is 0 Å². The van der Waals surface area contributed by atoms with Gasteiger partial charge in [-0.1, -0.05) is 11.3 Å². The van der Waals surface area contributed by atoms with Crippen LogP contribution in [0.1, 0.15) is 5.69 Å². The second kappa shape index (κ2) is 5.64. The molecule has 1 amide bonds. The SMILES string of the molecule is Cc1csc(=O)n1CC(=O)N1CCOCC1CO. The summed E-state index contributed by atoms with van der Waals surface area (Å²) in [5, 5.41) is 10.9. The fourth-order valence-electron chi connectivity index (χ4n) is 1.96. The number of aryl methyl sites for hydroxylation is 1. The lowest BCUT2D eigenvalue weighted by atomic mass is 10.2. The zero-order valence-corrected chi connectivity index (χ0v) is 11.0. The van der Waals surface area contributed by atoms with Gasteiger partial charge in [0.25, 0.3) is 0 Å². The molecule has 1 aromatic rings. The van der Waals surface area contributed by atoms with E-state index >= 15 is 0 Å². The van der Waals surface area contributed by atoms with Gasteiger partial charge in [-0.25, -0.2) is 0 Å². The van der Waals surface area contributed by atoms with Crippen molar-refractivity contribution in [2.45, 2.75) is 19.5 Å². The summed E-state index contributed by atoms with van der Waals surface area (Å²) >= 11 is 1.09. The average molecular weight is 272 g/mol. The average Bonchev–Trinajstić information content (AvgIpc) is 2.70. The Morgan fingerprint density at radius 3 is 3.06 bits per heavy atom. The molecule has 1 fully saturated rings. The molecule has 0 spiro atoms. The Bertz CT molecular complexity index is 482. The van der Waals surface area contributed by atoms with Crippen molar-refractivity contribution >= 4 is 17.2 Å². The highest BCUT2D eigenvalue weighted by Gasteiger charge is 2.27. The standard InChI is InChI=1S/C11H16N2O4S/c1-8-7-18-11(16)13(8)4-10(15)12-2-3-17-6-9(12)5-14/h7,9,14H,2-6H2,1H3. The van der Waals surface area contributed by atoms with E-state index in [0.29, 0.717) is 19.8 Å². The van der Waals surface area contributed by atoms with Gasteiger partial charge < -0.3 is 14.7 Å². The largest absolute Gasteiger partial charge is 0.394 e. The first-order chi connectivity index (χ1) is 8.63. The topological polar surface area (TPSA) is 71.8 Å². The molecule has 6 nitrogen and oxygen atoms in total. The second-order valence-corrected chi connectivity index (χ2v) is 5.05. The maximum Gasteiger partial charge on any atom is 0.307 e. The minimum absolute atomic E-state index is 0.0324. The van der Waals surface area contributed by atoms with Gasteiger partial charge >= 0.3 is 4.87 Å². The molecule has 0 aliphatic carbocycles. The summed E-state index contributed by atoms with van der Waals surface area (Å²) < 4.78 is 6.67. The number of aliphatic hydroxyl groups is 1. The number of rotatable bonds is 3. The van der Waals surface area contributed by atoms with E-state index in [4.69, 9.17) is 4.74 Å². The van der Waals surface area contributed by atoms with Crippen molar-refractivity contribution in [2.75, 3.05) is 26.4 Å². The van der Waals surface area contributed by atoms with E-state index in [1.807, 2.05) is 0 Å². The molecule has 2 heterocycles. The van der Waals surface area contributed by atoms with E-state index in [-0.39, 0.29) is 30.0 Å². The lowest BCUT2D eigenvalue weighted by molar-refractivity contribution is -0.142. The van der Waals surface area contributed by atoms with Crippen molar-refractivity contribution in [3.8, 4) is 0 Å². The molecule has 100 valence electrons. The summed E-state index contributed by atoms with van der Waals surface area (Å²) in [5.41, 5.74) is 0.784. The normalized spacial score (nSPS) is 20.1. The van der Waals surface area contributed by atoms with Gasteiger partial charge in [-0.15, -0.1) is 0 Å². The Kier molecular flexibility index (Phi) is 4.15.